The summed E-state index contributed by atoms with van der Waals surface area (Å²) < 4.78 is 40.6. The van der Waals surface area contributed by atoms with E-state index >= 15 is 0 Å². The summed E-state index contributed by atoms with van der Waals surface area (Å²) in [4.78, 5) is 4.01. The Morgan fingerprint density at radius 3 is 2.56 bits per heavy atom. The fourth-order valence-corrected chi connectivity index (χ4v) is 2.41. The molecule has 2 N–H and O–H groups in total. The van der Waals surface area contributed by atoms with Gasteiger partial charge in [-0.3, -0.25) is 4.57 Å². The van der Waals surface area contributed by atoms with Crippen LogP contribution in [-0.4, -0.2) is 15.7 Å². The van der Waals surface area contributed by atoms with Crippen molar-refractivity contribution in [1.29, 1.82) is 0 Å². The van der Waals surface area contributed by atoms with Crippen LogP contribution in [0.1, 0.15) is 18.4 Å². The molecule has 1 aromatic heterocycles. The molecule has 0 unspecified atom stereocenters. The van der Waals surface area contributed by atoms with Crippen LogP contribution in [0.5, 0.6) is 0 Å². The Hall–Kier alpha value is -1.72. The van der Waals surface area contributed by atoms with Crippen molar-refractivity contribution in [2.24, 2.45) is 0 Å². The van der Waals surface area contributed by atoms with Crippen LogP contribution >= 0.6 is 0 Å². The molecule has 1 saturated carbocycles. The van der Waals surface area contributed by atoms with E-state index in [0.717, 1.165) is 10.1 Å². The fourth-order valence-electron chi connectivity index (χ4n) is 2.41. The number of rotatable bonds is 1. The fraction of sp³-hybridized carbons (Fsp3) is 0.417. The zero-order chi connectivity index (χ0) is 13.1. The van der Waals surface area contributed by atoms with Gasteiger partial charge in [-0.25, -0.2) is 4.98 Å². The summed E-state index contributed by atoms with van der Waals surface area (Å²) in [6.07, 6.45) is -4.15. The quantitative estimate of drug-likeness (QED) is 0.851. The third-order valence-corrected chi connectivity index (χ3v) is 3.52. The zero-order valence-corrected chi connectivity index (χ0v) is 9.75. The van der Waals surface area contributed by atoms with Crippen molar-refractivity contribution in [2.75, 3.05) is 5.73 Å². The Labute approximate surface area is 101 Å². The molecule has 1 aliphatic rings. The highest BCUT2D eigenvalue weighted by Crippen LogP contribution is 2.57. The van der Waals surface area contributed by atoms with Crippen LogP contribution < -0.4 is 5.73 Å². The number of aromatic nitrogens is 2. The van der Waals surface area contributed by atoms with Gasteiger partial charge in [0.1, 0.15) is 5.54 Å². The molecule has 96 valence electrons. The molecule has 0 saturated heterocycles. The number of nitrogens with two attached hydrogens (primary N) is 1. The molecule has 1 fully saturated rings. The number of alkyl halides is 3. The van der Waals surface area contributed by atoms with Gasteiger partial charge in [0, 0.05) is 0 Å². The van der Waals surface area contributed by atoms with E-state index in [4.69, 9.17) is 5.73 Å². The molecule has 1 aromatic carbocycles. The number of anilines is 1. The minimum atomic E-state index is -4.29. The van der Waals surface area contributed by atoms with Gasteiger partial charge in [0.05, 0.1) is 11.0 Å². The van der Waals surface area contributed by atoms with Gasteiger partial charge in [0.15, 0.2) is 0 Å². The third kappa shape index (κ3) is 1.34. The average molecular weight is 255 g/mol. The Morgan fingerprint density at radius 1 is 1.33 bits per heavy atom. The van der Waals surface area contributed by atoms with Gasteiger partial charge in [-0.2, -0.15) is 13.2 Å². The number of benzene rings is 1. The van der Waals surface area contributed by atoms with E-state index in [2.05, 4.69) is 4.98 Å². The van der Waals surface area contributed by atoms with Crippen LogP contribution in [0.3, 0.4) is 0 Å². The number of hydrogen-bond donors (Lipinski definition) is 1. The monoisotopic (exact) mass is 255 g/mol. The second-order valence-corrected chi connectivity index (χ2v) is 4.83. The highest BCUT2D eigenvalue weighted by molar-refractivity contribution is 5.79. The molecule has 1 aliphatic carbocycles. The number of nitrogen functional groups attached to an aromatic ring is 1. The Morgan fingerprint density at radius 2 is 2.00 bits per heavy atom. The topological polar surface area (TPSA) is 43.8 Å². The van der Waals surface area contributed by atoms with E-state index in [1.165, 1.54) is 0 Å². The lowest BCUT2D eigenvalue weighted by atomic mass is 10.2. The summed E-state index contributed by atoms with van der Waals surface area (Å²) in [6.45, 7) is 1.83. The predicted octanol–water partition coefficient (Wildman–Crippen LogP) is 2.98. The smallest absolute Gasteiger partial charge is 0.369 e. The highest BCUT2D eigenvalue weighted by atomic mass is 19.4. The molecule has 0 atom stereocenters. The lowest BCUT2D eigenvalue weighted by Crippen LogP contribution is -2.35. The standard InChI is InChI=1S/C12H12F3N3/c1-7-2-3-8-9(6-7)18(10(16)17-8)11(4-5-11)12(13,14)15/h2-3,6H,4-5H2,1H3,(H2,16,17). The van der Waals surface area contributed by atoms with Crippen LogP contribution in [0.25, 0.3) is 11.0 Å². The second kappa shape index (κ2) is 3.18. The molecule has 2 aromatic rings. The SMILES string of the molecule is Cc1ccc2nc(N)n(C3(C(F)(F)F)CC3)c2c1. The van der Waals surface area contributed by atoms with E-state index in [-0.39, 0.29) is 18.8 Å². The average Bonchev–Trinajstić information content (AvgIpc) is 2.98. The van der Waals surface area contributed by atoms with Crippen LogP contribution in [0.2, 0.25) is 0 Å². The summed E-state index contributed by atoms with van der Waals surface area (Å²) in [6, 6.07) is 5.21. The van der Waals surface area contributed by atoms with Crippen molar-refractivity contribution in [1.82, 2.24) is 9.55 Å². The van der Waals surface area contributed by atoms with Crippen molar-refractivity contribution in [3.05, 3.63) is 23.8 Å². The maximum Gasteiger partial charge on any atom is 0.412 e. The lowest BCUT2D eigenvalue weighted by molar-refractivity contribution is -0.178. The third-order valence-electron chi connectivity index (χ3n) is 3.52. The van der Waals surface area contributed by atoms with E-state index < -0.39 is 11.7 Å². The van der Waals surface area contributed by atoms with Crippen molar-refractivity contribution >= 4 is 17.0 Å². The first-order chi connectivity index (χ1) is 8.35. The molecule has 0 spiro atoms. The molecule has 6 heteroatoms. The molecule has 3 rings (SSSR count). The predicted molar refractivity (Wildman–Crippen MR) is 62.1 cm³/mol. The maximum atomic E-state index is 13.2. The number of fused-ring (bicyclic) bond motifs is 1. The number of nitrogens with zero attached hydrogens (tertiary/aromatic N) is 2. The summed E-state index contributed by atoms with van der Waals surface area (Å²) in [5.41, 5.74) is 5.69. The van der Waals surface area contributed by atoms with E-state index in [1.807, 2.05) is 13.0 Å². The van der Waals surface area contributed by atoms with E-state index in [0.29, 0.717) is 11.0 Å². The maximum absolute atomic E-state index is 13.2. The first-order valence-corrected chi connectivity index (χ1v) is 5.67. The molecule has 18 heavy (non-hydrogen) atoms. The molecular weight excluding hydrogens is 243 g/mol. The van der Waals surface area contributed by atoms with Crippen molar-refractivity contribution in [3.63, 3.8) is 0 Å². The Bertz CT molecular complexity index is 623. The molecular formula is C12H12F3N3. The number of aryl methyl sites for hydroxylation is 1. The molecule has 0 radical (unpaired) electrons. The number of imidazole rings is 1. The summed E-state index contributed by atoms with van der Waals surface area (Å²) in [5.74, 6) is -0.0644. The van der Waals surface area contributed by atoms with Gasteiger partial charge in [-0.15, -0.1) is 0 Å². The first-order valence-electron chi connectivity index (χ1n) is 5.67. The van der Waals surface area contributed by atoms with Gasteiger partial charge in [0.25, 0.3) is 0 Å². The normalized spacial score (nSPS) is 18.2. The first kappa shape index (κ1) is 11.4. The Kier molecular flexibility index (Phi) is 2.01. The number of halogens is 3. The zero-order valence-electron chi connectivity index (χ0n) is 9.75. The van der Waals surface area contributed by atoms with Crippen molar-refractivity contribution in [3.8, 4) is 0 Å². The molecule has 3 nitrogen and oxygen atoms in total. The van der Waals surface area contributed by atoms with Crippen molar-refractivity contribution < 1.29 is 13.2 Å². The van der Waals surface area contributed by atoms with Gasteiger partial charge in [0.2, 0.25) is 5.95 Å². The second-order valence-electron chi connectivity index (χ2n) is 4.83. The molecule has 1 heterocycles. The van der Waals surface area contributed by atoms with Crippen LogP contribution in [0, 0.1) is 6.92 Å². The Balaban J connectivity index is 2.29. The van der Waals surface area contributed by atoms with Crippen molar-refractivity contribution in [2.45, 2.75) is 31.5 Å². The van der Waals surface area contributed by atoms with E-state index in [1.54, 1.807) is 12.1 Å². The highest BCUT2D eigenvalue weighted by Gasteiger charge is 2.65. The number of hydrogen-bond acceptors (Lipinski definition) is 2. The van der Waals surface area contributed by atoms with Gasteiger partial charge >= 0.3 is 6.18 Å². The summed E-state index contributed by atoms with van der Waals surface area (Å²) in [7, 11) is 0. The van der Waals surface area contributed by atoms with Gasteiger partial charge in [-0.05, 0) is 37.5 Å². The van der Waals surface area contributed by atoms with Crippen LogP contribution in [0.4, 0.5) is 19.1 Å². The summed E-state index contributed by atoms with van der Waals surface area (Å²) in [5, 5.41) is 0. The minimum Gasteiger partial charge on any atom is -0.369 e. The largest absolute Gasteiger partial charge is 0.412 e. The summed E-state index contributed by atoms with van der Waals surface area (Å²) >= 11 is 0. The van der Waals surface area contributed by atoms with Crippen LogP contribution in [-0.2, 0) is 5.54 Å². The molecule has 0 aliphatic heterocycles. The van der Waals surface area contributed by atoms with E-state index in [9.17, 15) is 13.2 Å². The molecule has 0 amide bonds. The van der Waals surface area contributed by atoms with Gasteiger partial charge < -0.3 is 5.73 Å². The molecule has 0 bridgehead atoms. The van der Waals surface area contributed by atoms with Gasteiger partial charge in [-0.1, -0.05) is 6.07 Å². The lowest BCUT2D eigenvalue weighted by Gasteiger charge is -2.22. The minimum absolute atomic E-state index is 0.0644. The van der Waals surface area contributed by atoms with Crippen LogP contribution in [0.15, 0.2) is 18.2 Å².